The summed E-state index contributed by atoms with van der Waals surface area (Å²) in [7, 11) is 0. The Morgan fingerprint density at radius 1 is 1.10 bits per heavy atom. The lowest BCUT2D eigenvalue weighted by molar-refractivity contribution is -0.117. The fraction of sp³-hybridized carbons (Fsp3) is 0.200. The average molecular weight is 349 g/mol. The number of anilines is 2. The highest BCUT2D eigenvalue weighted by atomic mass is 79.9. The number of nitrogens with one attached hydrogen (secondary N) is 2. The number of carbonyl (C=O) groups is 2. The van der Waals surface area contributed by atoms with Gasteiger partial charge in [0.15, 0.2) is 10.4 Å². The minimum atomic E-state index is -0.341. The second-order valence-electron chi connectivity index (χ2n) is 4.90. The predicted octanol–water partition coefficient (Wildman–Crippen LogP) is 3.64. The van der Waals surface area contributed by atoms with Crippen molar-refractivity contribution in [3.8, 4) is 0 Å². The van der Waals surface area contributed by atoms with Crippen molar-refractivity contribution in [1.29, 1.82) is 0 Å². The van der Waals surface area contributed by atoms with Gasteiger partial charge in [0.25, 0.3) is 5.91 Å². The predicted molar refractivity (Wildman–Crippen MR) is 82.2 cm³/mol. The third-order valence-corrected chi connectivity index (χ3v) is 3.56. The Hall–Kier alpha value is -2.08. The molecule has 108 valence electrons. The Balaban J connectivity index is 1.67. The zero-order valence-corrected chi connectivity index (χ0v) is 12.6. The monoisotopic (exact) mass is 348 g/mol. The molecule has 0 bridgehead atoms. The van der Waals surface area contributed by atoms with Crippen molar-refractivity contribution in [2.75, 3.05) is 10.6 Å². The highest BCUT2D eigenvalue weighted by Crippen LogP contribution is 2.30. The van der Waals surface area contributed by atoms with Gasteiger partial charge in [0, 0.05) is 17.3 Å². The molecule has 0 atom stereocenters. The second-order valence-corrected chi connectivity index (χ2v) is 5.68. The molecule has 1 saturated carbocycles. The van der Waals surface area contributed by atoms with E-state index in [0.717, 1.165) is 12.8 Å². The van der Waals surface area contributed by atoms with E-state index in [1.54, 1.807) is 36.4 Å². The van der Waals surface area contributed by atoms with E-state index in [4.69, 9.17) is 4.42 Å². The smallest absolute Gasteiger partial charge is 0.291 e. The summed E-state index contributed by atoms with van der Waals surface area (Å²) in [6.45, 7) is 0. The quantitative estimate of drug-likeness (QED) is 0.885. The lowest BCUT2D eigenvalue weighted by atomic mass is 10.2. The van der Waals surface area contributed by atoms with Crippen LogP contribution in [0.3, 0.4) is 0 Å². The van der Waals surface area contributed by atoms with Gasteiger partial charge >= 0.3 is 0 Å². The number of hydrogen-bond acceptors (Lipinski definition) is 3. The summed E-state index contributed by atoms with van der Waals surface area (Å²) in [5, 5.41) is 5.57. The molecule has 1 aliphatic rings. The molecule has 2 aromatic rings. The van der Waals surface area contributed by atoms with Crippen LogP contribution in [0.25, 0.3) is 0 Å². The first-order valence-electron chi connectivity index (χ1n) is 6.59. The first kappa shape index (κ1) is 13.9. The summed E-state index contributed by atoms with van der Waals surface area (Å²) in [5.41, 5.74) is 1.27. The van der Waals surface area contributed by atoms with Crippen molar-refractivity contribution in [3.63, 3.8) is 0 Å². The maximum Gasteiger partial charge on any atom is 0.291 e. The van der Waals surface area contributed by atoms with Crippen LogP contribution in [-0.4, -0.2) is 11.8 Å². The fourth-order valence-electron chi connectivity index (χ4n) is 1.89. The van der Waals surface area contributed by atoms with Crippen LogP contribution in [0.2, 0.25) is 0 Å². The Labute approximate surface area is 129 Å². The van der Waals surface area contributed by atoms with E-state index in [2.05, 4.69) is 26.6 Å². The number of amides is 2. The zero-order valence-electron chi connectivity index (χ0n) is 11.1. The van der Waals surface area contributed by atoms with Gasteiger partial charge in [-0.1, -0.05) is 6.07 Å². The first-order valence-corrected chi connectivity index (χ1v) is 7.39. The summed E-state index contributed by atoms with van der Waals surface area (Å²) < 4.78 is 5.69. The highest BCUT2D eigenvalue weighted by molar-refractivity contribution is 9.10. The molecule has 1 aromatic heterocycles. The lowest BCUT2D eigenvalue weighted by Crippen LogP contribution is -2.14. The van der Waals surface area contributed by atoms with Crippen molar-refractivity contribution in [3.05, 3.63) is 46.8 Å². The van der Waals surface area contributed by atoms with Gasteiger partial charge in [-0.05, 0) is 59.1 Å². The molecule has 5 nitrogen and oxygen atoms in total. The van der Waals surface area contributed by atoms with Crippen LogP contribution in [0, 0.1) is 5.92 Å². The van der Waals surface area contributed by atoms with E-state index in [9.17, 15) is 9.59 Å². The van der Waals surface area contributed by atoms with Crippen LogP contribution in [0.4, 0.5) is 11.4 Å². The average Bonchev–Trinajstić information content (AvgIpc) is 3.21. The molecule has 1 aromatic carbocycles. The first-order chi connectivity index (χ1) is 10.1. The van der Waals surface area contributed by atoms with E-state index in [0.29, 0.717) is 16.0 Å². The SMILES string of the molecule is O=C(Nc1cccc(NC(=O)C2CC2)c1)c1ccc(Br)o1. The molecule has 21 heavy (non-hydrogen) atoms. The summed E-state index contributed by atoms with van der Waals surface area (Å²) in [5.74, 6) is 0.0535. The van der Waals surface area contributed by atoms with Gasteiger partial charge in [0.05, 0.1) is 0 Å². The third kappa shape index (κ3) is 3.52. The summed E-state index contributed by atoms with van der Waals surface area (Å²) >= 11 is 3.15. The number of rotatable bonds is 4. The highest BCUT2D eigenvalue weighted by Gasteiger charge is 2.29. The van der Waals surface area contributed by atoms with E-state index >= 15 is 0 Å². The summed E-state index contributed by atoms with van der Waals surface area (Å²) in [6, 6.07) is 10.3. The minimum absolute atomic E-state index is 0.0356. The van der Waals surface area contributed by atoms with Gasteiger partial charge < -0.3 is 15.1 Å². The topological polar surface area (TPSA) is 71.3 Å². The number of benzene rings is 1. The van der Waals surface area contributed by atoms with Crippen molar-refractivity contribution < 1.29 is 14.0 Å². The molecule has 0 unspecified atom stereocenters. The van der Waals surface area contributed by atoms with Crippen molar-refractivity contribution in [2.24, 2.45) is 5.92 Å². The van der Waals surface area contributed by atoms with Gasteiger partial charge in [-0.2, -0.15) is 0 Å². The molecule has 0 saturated heterocycles. The second kappa shape index (κ2) is 5.73. The molecule has 2 amide bonds. The summed E-state index contributed by atoms with van der Waals surface area (Å²) in [6.07, 6.45) is 1.91. The van der Waals surface area contributed by atoms with Crippen molar-refractivity contribution in [2.45, 2.75) is 12.8 Å². The summed E-state index contributed by atoms with van der Waals surface area (Å²) in [4.78, 5) is 23.7. The van der Waals surface area contributed by atoms with Crippen LogP contribution in [0.15, 0.2) is 45.5 Å². The normalized spacial score (nSPS) is 13.8. The number of halogens is 1. The molecule has 0 radical (unpaired) electrons. The van der Waals surface area contributed by atoms with Gasteiger partial charge in [-0.15, -0.1) is 0 Å². The van der Waals surface area contributed by atoms with Crippen LogP contribution >= 0.6 is 15.9 Å². The molecule has 0 aliphatic heterocycles. The molecule has 1 fully saturated rings. The van der Waals surface area contributed by atoms with E-state index < -0.39 is 0 Å². The van der Waals surface area contributed by atoms with Gasteiger partial charge in [0.1, 0.15) is 0 Å². The molecular formula is C15H13BrN2O3. The van der Waals surface area contributed by atoms with Gasteiger partial charge in [-0.25, -0.2) is 0 Å². The molecule has 2 N–H and O–H groups in total. The minimum Gasteiger partial charge on any atom is -0.444 e. The Kier molecular flexibility index (Phi) is 3.79. The third-order valence-electron chi connectivity index (χ3n) is 3.13. The van der Waals surface area contributed by atoms with Crippen molar-refractivity contribution >= 4 is 39.1 Å². The largest absolute Gasteiger partial charge is 0.444 e. The number of hydrogen-bond donors (Lipinski definition) is 2. The molecule has 0 spiro atoms. The number of furan rings is 1. The van der Waals surface area contributed by atoms with E-state index in [1.807, 2.05) is 0 Å². The zero-order chi connectivity index (χ0) is 14.8. The van der Waals surface area contributed by atoms with Gasteiger partial charge in [0.2, 0.25) is 5.91 Å². The molecule has 3 rings (SSSR count). The maximum atomic E-state index is 12.0. The fourth-order valence-corrected chi connectivity index (χ4v) is 2.20. The Bertz CT molecular complexity index is 692. The standard InChI is InChI=1S/C15H13BrN2O3/c16-13-7-6-12(21-13)15(20)18-11-3-1-2-10(8-11)17-14(19)9-4-5-9/h1-3,6-9H,4-5H2,(H,17,19)(H,18,20). The van der Waals surface area contributed by atoms with Crippen LogP contribution < -0.4 is 10.6 Å². The molecule has 1 aliphatic carbocycles. The molecule has 6 heteroatoms. The van der Waals surface area contributed by atoms with Crippen LogP contribution in [-0.2, 0) is 4.79 Å². The number of carbonyl (C=O) groups excluding carboxylic acids is 2. The van der Waals surface area contributed by atoms with Crippen molar-refractivity contribution in [1.82, 2.24) is 0 Å². The Morgan fingerprint density at radius 3 is 2.43 bits per heavy atom. The molecule has 1 heterocycles. The maximum absolute atomic E-state index is 12.0. The van der Waals surface area contributed by atoms with Crippen LogP contribution in [0.1, 0.15) is 23.4 Å². The lowest BCUT2D eigenvalue weighted by Gasteiger charge is -2.07. The van der Waals surface area contributed by atoms with E-state index in [1.165, 1.54) is 0 Å². The molecular weight excluding hydrogens is 336 g/mol. The Morgan fingerprint density at radius 2 is 1.81 bits per heavy atom. The van der Waals surface area contributed by atoms with Crippen LogP contribution in [0.5, 0.6) is 0 Å². The van der Waals surface area contributed by atoms with E-state index in [-0.39, 0.29) is 23.5 Å². The van der Waals surface area contributed by atoms with Gasteiger partial charge in [-0.3, -0.25) is 9.59 Å².